The highest BCUT2D eigenvalue weighted by molar-refractivity contribution is 6.01. The highest BCUT2D eigenvalue weighted by Gasteiger charge is 2.53. The van der Waals surface area contributed by atoms with Crippen LogP contribution in [-0.2, 0) is 19.1 Å². The van der Waals surface area contributed by atoms with Gasteiger partial charge in [-0.05, 0) is 43.9 Å². The van der Waals surface area contributed by atoms with Crippen LogP contribution in [0, 0.1) is 17.3 Å². The maximum Gasteiger partial charge on any atom is 0.323 e. The molecule has 0 amide bonds. The topological polar surface area (TPSA) is 52.6 Å². The lowest BCUT2D eigenvalue weighted by Crippen LogP contribution is -2.47. The Kier molecular flexibility index (Phi) is 20.9. The third kappa shape index (κ3) is 16.8. The molecule has 0 aromatic heterocycles. The first kappa shape index (κ1) is 35.0. The molecule has 0 radical (unpaired) electrons. The molecule has 0 bridgehead atoms. The molecular formula is C34H64O4. The van der Waals surface area contributed by atoms with Gasteiger partial charge in [0.15, 0.2) is 5.41 Å². The fourth-order valence-corrected chi connectivity index (χ4v) is 5.41. The van der Waals surface area contributed by atoms with E-state index < -0.39 is 5.41 Å². The van der Waals surface area contributed by atoms with Gasteiger partial charge in [0.25, 0.3) is 0 Å². The minimum atomic E-state index is -1.01. The van der Waals surface area contributed by atoms with Crippen LogP contribution in [0.2, 0.25) is 0 Å². The normalized spacial score (nSPS) is 14.6. The smallest absolute Gasteiger partial charge is 0.323 e. The minimum absolute atomic E-state index is 0.344. The number of ether oxygens (including phenoxy) is 2. The number of unbranched alkanes of at least 4 members (excludes halogenated alkanes) is 16. The third-order valence-corrected chi connectivity index (χ3v) is 8.31. The second kappa shape index (κ2) is 22.7. The Bertz CT molecular complexity index is 533. The molecule has 0 aromatic carbocycles. The van der Waals surface area contributed by atoms with E-state index in [1.807, 2.05) is 0 Å². The maximum atomic E-state index is 12.7. The predicted octanol–water partition coefficient (Wildman–Crippen LogP) is 10.4. The van der Waals surface area contributed by atoms with Crippen molar-refractivity contribution in [3.05, 3.63) is 0 Å². The molecule has 4 nitrogen and oxygen atoms in total. The van der Waals surface area contributed by atoms with Crippen LogP contribution in [0.15, 0.2) is 0 Å². The molecule has 224 valence electrons. The third-order valence-electron chi connectivity index (χ3n) is 8.31. The second-order valence-corrected chi connectivity index (χ2v) is 12.9. The van der Waals surface area contributed by atoms with Gasteiger partial charge in [0.1, 0.15) is 0 Å². The number of hydrogen-bond donors (Lipinski definition) is 0. The van der Waals surface area contributed by atoms with Gasteiger partial charge in [-0.3, -0.25) is 9.59 Å². The van der Waals surface area contributed by atoms with E-state index in [4.69, 9.17) is 9.47 Å². The molecule has 0 aliphatic heterocycles. The van der Waals surface area contributed by atoms with Crippen LogP contribution in [0.25, 0.3) is 0 Å². The van der Waals surface area contributed by atoms with Crippen LogP contribution >= 0.6 is 0 Å². The number of rotatable bonds is 26. The Hall–Kier alpha value is -1.06. The Morgan fingerprint density at radius 1 is 0.500 bits per heavy atom. The van der Waals surface area contributed by atoms with E-state index >= 15 is 0 Å². The lowest BCUT2D eigenvalue weighted by molar-refractivity contribution is -0.179. The number of carbonyl (C=O) groups excluding carboxylic acids is 2. The van der Waals surface area contributed by atoms with Crippen LogP contribution in [0.4, 0.5) is 0 Å². The van der Waals surface area contributed by atoms with E-state index in [2.05, 4.69) is 27.7 Å². The molecule has 1 aliphatic rings. The van der Waals surface area contributed by atoms with Gasteiger partial charge in [-0.25, -0.2) is 0 Å². The number of hydrogen-bond acceptors (Lipinski definition) is 4. The molecule has 0 aromatic rings. The molecule has 38 heavy (non-hydrogen) atoms. The fraction of sp³-hybridized carbons (Fsp3) is 0.941. The molecule has 0 spiro atoms. The van der Waals surface area contributed by atoms with Crippen LogP contribution in [0.5, 0.6) is 0 Å². The van der Waals surface area contributed by atoms with Crippen LogP contribution < -0.4 is 0 Å². The summed E-state index contributed by atoms with van der Waals surface area (Å²) in [6.07, 6.45) is 27.2. The van der Waals surface area contributed by atoms with E-state index in [0.717, 1.165) is 43.9 Å². The average molecular weight is 537 g/mol. The zero-order valence-corrected chi connectivity index (χ0v) is 26.0. The zero-order chi connectivity index (χ0) is 27.9. The summed E-state index contributed by atoms with van der Waals surface area (Å²) in [5, 5.41) is 0. The number of esters is 2. The van der Waals surface area contributed by atoms with E-state index in [1.165, 1.54) is 103 Å². The fourth-order valence-electron chi connectivity index (χ4n) is 5.41. The van der Waals surface area contributed by atoms with E-state index in [0.29, 0.717) is 26.1 Å². The van der Waals surface area contributed by atoms with Gasteiger partial charge >= 0.3 is 11.9 Å². The van der Waals surface area contributed by atoms with E-state index in [9.17, 15) is 9.59 Å². The summed E-state index contributed by atoms with van der Waals surface area (Å²) in [6, 6.07) is 0. The molecule has 1 saturated carbocycles. The van der Waals surface area contributed by atoms with Crippen molar-refractivity contribution in [3.8, 4) is 0 Å². The Morgan fingerprint density at radius 2 is 0.789 bits per heavy atom. The van der Waals surface area contributed by atoms with Crippen LogP contribution in [-0.4, -0.2) is 25.2 Å². The molecule has 4 heteroatoms. The molecular weight excluding hydrogens is 472 g/mol. The van der Waals surface area contributed by atoms with Gasteiger partial charge < -0.3 is 9.47 Å². The maximum absolute atomic E-state index is 12.7. The van der Waals surface area contributed by atoms with Crippen molar-refractivity contribution in [1.29, 1.82) is 0 Å². The monoisotopic (exact) mass is 536 g/mol. The summed E-state index contributed by atoms with van der Waals surface area (Å²) < 4.78 is 11.1. The van der Waals surface area contributed by atoms with Gasteiger partial charge in [-0.1, -0.05) is 143 Å². The van der Waals surface area contributed by atoms with Crippen molar-refractivity contribution in [2.45, 2.75) is 175 Å². The van der Waals surface area contributed by atoms with Crippen molar-refractivity contribution < 1.29 is 19.1 Å². The Labute approximate surface area is 236 Å². The molecule has 0 N–H and O–H groups in total. The van der Waals surface area contributed by atoms with Crippen molar-refractivity contribution in [2.75, 3.05) is 13.2 Å². The molecule has 1 rings (SSSR count). The highest BCUT2D eigenvalue weighted by atomic mass is 16.6. The molecule has 0 saturated heterocycles. The second-order valence-electron chi connectivity index (χ2n) is 12.9. The van der Waals surface area contributed by atoms with Gasteiger partial charge in [0.05, 0.1) is 13.2 Å². The summed E-state index contributed by atoms with van der Waals surface area (Å²) in [7, 11) is 0. The lowest BCUT2D eigenvalue weighted by atomic mass is 9.69. The van der Waals surface area contributed by atoms with Gasteiger partial charge in [0.2, 0.25) is 0 Å². The first-order valence-electron chi connectivity index (χ1n) is 16.7. The van der Waals surface area contributed by atoms with Crippen molar-refractivity contribution >= 4 is 11.9 Å². The lowest BCUT2D eigenvalue weighted by Gasteiger charge is -2.36. The van der Waals surface area contributed by atoms with Crippen molar-refractivity contribution in [1.82, 2.24) is 0 Å². The van der Waals surface area contributed by atoms with Crippen LogP contribution in [0.1, 0.15) is 175 Å². The van der Waals surface area contributed by atoms with Crippen molar-refractivity contribution in [2.24, 2.45) is 17.3 Å². The Morgan fingerprint density at radius 3 is 1.05 bits per heavy atom. The van der Waals surface area contributed by atoms with Crippen LogP contribution in [0.3, 0.4) is 0 Å². The van der Waals surface area contributed by atoms with Gasteiger partial charge in [-0.2, -0.15) is 0 Å². The van der Waals surface area contributed by atoms with E-state index in [1.54, 1.807) is 0 Å². The number of carbonyl (C=O) groups is 2. The molecule has 0 heterocycles. The average Bonchev–Trinajstić information content (AvgIpc) is 2.84. The first-order chi connectivity index (χ1) is 18.4. The van der Waals surface area contributed by atoms with Crippen molar-refractivity contribution in [3.63, 3.8) is 0 Å². The summed E-state index contributed by atoms with van der Waals surface area (Å²) in [6.45, 7) is 10.1. The van der Waals surface area contributed by atoms with Gasteiger partial charge in [-0.15, -0.1) is 0 Å². The summed E-state index contributed by atoms with van der Waals surface area (Å²) in [4.78, 5) is 25.4. The molecule has 0 unspecified atom stereocenters. The largest absolute Gasteiger partial charge is 0.465 e. The summed E-state index contributed by atoms with van der Waals surface area (Å²) in [5.74, 6) is 0.974. The minimum Gasteiger partial charge on any atom is -0.465 e. The summed E-state index contributed by atoms with van der Waals surface area (Å²) in [5.41, 5.74) is -1.01. The zero-order valence-electron chi connectivity index (χ0n) is 26.0. The summed E-state index contributed by atoms with van der Waals surface area (Å²) >= 11 is 0. The Balaban J connectivity index is 1.99. The van der Waals surface area contributed by atoms with Gasteiger partial charge in [0, 0.05) is 0 Å². The highest BCUT2D eigenvalue weighted by Crippen LogP contribution is 2.43. The standard InChI is InChI=1S/C34H64O4/c1-30(2)24-19-15-11-7-5-9-13-17-21-28-37-32(35)34(26-23-27-34)33(36)38-29-22-18-14-10-6-8-12-16-20-25-31(3)4/h30-31H,5-29H2,1-4H3. The SMILES string of the molecule is CC(C)CCCCCCCCCCCOC(=O)C1(C(=O)OCCCCCCCCCCCC(C)C)CCC1. The van der Waals surface area contributed by atoms with E-state index in [-0.39, 0.29) is 11.9 Å². The first-order valence-corrected chi connectivity index (χ1v) is 16.7. The predicted molar refractivity (Wildman–Crippen MR) is 160 cm³/mol. The molecule has 0 atom stereocenters. The quantitative estimate of drug-likeness (QED) is 0.0626. The molecule has 1 fully saturated rings. The molecule has 1 aliphatic carbocycles.